The van der Waals surface area contributed by atoms with Crippen LogP contribution in [-0.4, -0.2) is 18.6 Å². The van der Waals surface area contributed by atoms with Crippen molar-refractivity contribution in [1.82, 2.24) is 5.32 Å². The van der Waals surface area contributed by atoms with Gasteiger partial charge in [0.25, 0.3) is 0 Å². The van der Waals surface area contributed by atoms with Crippen LogP contribution < -0.4 is 11.1 Å². The molecule has 80 valence electrons. The first-order valence-corrected chi connectivity index (χ1v) is 5.38. The fourth-order valence-electron chi connectivity index (χ4n) is 0.946. The minimum absolute atomic E-state index is 0.0449. The van der Waals surface area contributed by atoms with E-state index in [0.717, 1.165) is 31.3 Å². The fraction of sp³-hybridized carbons (Fsp3) is 1.00. The Bertz CT molecular complexity index is 130. The van der Waals surface area contributed by atoms with Gasteiger partial charge in [0.15, 0.2) is 0 Å². The van der Waals surface area contributed by atoms with Crippen LogP contribution in [0.25, 0.3) is 0 Å². The molecule has 0 amide bonds. The fourth-order valence-corrected chi connectivity index (χ4v) is 0.946. The molecule has 0 aliphatic rings. The molecule has 3 N–H and O–H groups in total. The SMILES string of the molecule is CCC(C)(N)CNCC(C)C(C)C. The van der Waals surface area contributed by atoms with Crippen molar-refractivity contribution < 1.29 is 0 Å². The number of nitrogens with one attached hydrogen (secondary N) is 1. The average molecular weight is 186 g/mol. The average Bonchev–Trinajstić information content (AvgIpc) is 2.04. The van der Waals surface area contributed by atoms with E-state index in [1.165, 1.54) is 0 Å². The third kappa shape index (κ3) is 6.05. The van der Waals surface area contributed by atoms with Crippen molar-refractivity contribution in [2.24, 2.45) is 17.6 Å². The van der Waals surface area contributed by atoms with E-state index in [1.807, 2.05) is 0 Å². The van der Waals surface area contributed by atoms with Crippen LogP contribution in [0, 0.1) is 11.8 Å². The van der Waals surface area contributed by atoms with Gasteiger partial charge < -0.3 is 11.1 Å². The van der Waals surface area contributed by atoms with E-state index in [1.54, 1.807) is 0 Å². The molecule has 0 aromatic heterocycles. The quantitative estimate of drug-likeness (QED) is 0.666. The van der Waals surface area contributed by atoms with Gasteiger partial charge in [-0.1, -0.05) is 27.7 Å². The molecule has 13 heavy (non-hydrogen) atoms. The second-order valence-electron chi connectivity index (χ2n) is 4.86. The normalized spacial score (nSPS) is 18.7. The Labute approximate surface area is 83.3 Å². The third-order valence-electron chi connectivity index (χ3n) is 2.94. The van der Waals surface area contributed by atoms with Crippen LogP contribution in [0.2, 0.25) is 0 Å². The van der Waals surface area contributed by atoms with Crippen molar-refractivity contribution in [2.75, 3.05) is 13.1 Å². The van der Waals surface area contributed by atoms with Crippen LogP contribution in [0.3, 0.4) is 0 Å². The van der Waals surface area contributed by atoms with Crippen molar-refractivity contribution in [3.05, 3.63) is 0 Å². The largest absolute Gasteiger partial charge is 0.324 e. The molecule has 0 bridgehead atoms. The molecule has 2 atom stereocenters. The summed E-state index contributed by atoms with van der Waals surface area (Å²) in [5.41, 5.74) is 5.97. The predicted octanol–water partition coefficient (Wildman–Crippen LogP) is 2.00. The van der Waals surface area contributed by atoms with Crippen LogP contribution in [0.5, 0.6) is 0 Å². The molecule has 2 unspecified atom stereocenters. The van der Waals surface area contributed by atoms with Crippen LogP contribution in [-0.2, 0) is 0 Å². The molecule has 0 radical (unpaired) electrons. The van der Waals surface area contributed by atoms with Gasteiger partial charge in [-0.3, -0.25) is 0 Å². The summed E-state index contributed by atoms with van der Waals surface area (Å²) in [4.78, 5) is 0. The summed E-state index contributed by atoms with van der Waals surface area (Å²) in [6.07, 6.45) is 1.02. The van der Waals surface area contributed by atoms with Crippen molar-refractivity contribution in [3.63, 3.8) is 0 Å². The highest BCUT2D eigenvalue weighted by molar-refractivity contribution is 4.79. The van der Waals surface area contributed by atoms with Gasteiger partial charge in [-0.2, -0.15) is 0 Å². The zero-order valence-electron chi connectivity index (χ0n) is 9.85. The zero-order chi connectivity index (χ0) is 10.5. The summed E-state index contributed by atoms with van der Waals surface area (Å²) < 4.78 is 0. The predicted molar refractivity (Wildman–Crippen MR) is 59.8 cm³/mol. The van der Waals surface area contributed by atoms with E-state index >= 15 is 0 Å². The van der Waals surface area contributed by atoms with E-state index in [-0.39, 0.29) is 5.54 Å². The second kappa shape index (κ2) is 5.61. The summed E-state index contributed by atoms with van der Waals surface area (Å²) in [6, 6.07) is 0. The summed E-state index contributed by atoms with van der Waals surface area (Å²) in [5.74, 6) is 1.48. The summed E-state index contributed by atoms with van der Waals surface area (Å²) in [6.45, 7) is 13.0. The Kier molecular flexibility index (Phi) is 5.57. The molecule has 0 spiro atoms. The first-order valence-electron chi connectivity index (χ1n) is 5.38. The van der Waals surface area contributed by atoms with Gasteiger partial charge in [0.2, 0.25) is 0 Å². The molecule has 0 heterocycles. The Morgan fingerprint density at radius 3 is 2.23 bits per heavy atom. The Morgan fingerprint density at radius 1 is 1.31 bits per heavy atom. The van der Waals surface area contributed by atoms with Gasteiger partial charge >= 0.3 is 0 Å². The summed E-state index contributed by atoms with van der Waals surface area (Å²) >= 11 is 0. The lowest BCUT2D eigenvalue weighted by Crippen LogP contribution is -2.46. The minimum atomic E-state index is -0.0449. The third-order valence-corrected chi connectivity index (χ3v) is 2.94. The minimum Gasteiger partial charge on any atom is -0.324 e. The molecule has 0 fully saturated rings. The smallest absolute Gasteiger partial charge is 0.0249 e. The first-order chi connectivity index (χ1) is 5.89. The monoisotopic (exact) mass is 186 g/mol. The Hall–Kier alpha value is -0.0800. The number of nitrogens with two attached hydrogens (primary N) is 1. The molecule has 0 aliphatic heterocycles. The lowest BCUT2D eigenvalue weighted by Gasteiger charge is -2.25. The van der Waals surface area contributed by atoms with E-state index in [0.29, 0.717) is 0 Å². The van der Waals surface area contributed by atoms with Gasteiger partial charge in [0.1, 0.15) is 0 Å². The molecule has 0 rings (SSSR count). The topological polar surface area (TPSA) is 38.0 Å². The van der Waals surface area contributed by atoms with Gasteiger partial charge in [-0.05, 0) is 31.7 Å². The van der Waals surface area contributed by atoms with Crippen molar-refractivity contribution in [3.8, 4) is 0 Å². The maximum absolute atomic E-state index is 6.02. The number of hydrogen-bond acceptors (Lipinski definition) is 2. The zero-order valence-corrected chi connectivity index (χ0v) is 9.85. The lowest BCUT2D eigenvalue weighted by atomic mass is 9.96. The summed E-state index contributed by atoms with van der Waals surface area (Å²) in [7, 11) is 0. The highest BCUT2D eigenvalue weighted by Crippen LogP contribution is 2.08. The lowest BCUT2D eigenvalue weighted by molar-refractivity contribution is 0.354. The number of rotatable bonds is 6. The molecule has 2 nitrogen and oxygen atoms in total. The van der Waals surface area contributed by atoms with Crippen molar-refractivity contribution in [1.29, 1.82) is 0 Å². The van der Waals surface area contributed by atoms with Crippen LogP contribution >= 0.6 is 0 Å². The first kappa shape index (κ1) is 12.9. The van der Waals surface area contributed by atoms with E-state index in [4.69, 9.17) is 5.73 Å². The molecule has 2 heteroatoms. The summed E-state index contributed by atoms with van der Waals surface area (Å²) in [5, 5.41) is 3.43. The second-order valence-corrected chi connectivity index (χ2v) is 4.86. The van der Waals surface area contributed by atoms with Gasteiger partial charge in [-0.25, -0.2) is 0 Å². The molecule has 0 aromatic carbocycles. The maximum atomic E-state index is 6.02. The number of hydrogen-bond donors (Lipinski definition) is 2. The van der Waals surface area contributed by atoms with Crippen LogP contribution in [0.15, 0.2) is 0 Å². The molecule has 0 aliphatic carbocycles. The molecular formula is C11H26N2. The highest BCUT2D eigenvalue weighted by Gasteiger charge is 2.15. The maximum Gasteiger partial charge on any atom is 0.0249 e. The van der Waals surface area contributed by atoms with E-state index in [9.17, 15) is 0 Å². The Morgan fingerprint density at radius 2 is 1.85 bits per heavy atom. The van der Waals surface area contributed by atoms with E-state index < -0.39 is 0 Å². The molecule has 0 aromatic rings. The molecule has 0 saturated carbocycles. The van der Waals surface area contributed by atoms with Crippen molar-refractivity contribution in [2.45, 2.75) is 46.6 Å². The molecule has 0 saturated heterocycles. The van der Waals surface area contributed by atoms with Gasteiger partial charge in [-0.15, -0.1) is 0 Å². The van der Waals surface area contributed by atoms with Crippen LogP contribution in [0.1, 0.15) is 41.0 Å². The molecular weight excluding hydrogens is 160 g/mol. The van der Waals surface area contributed by atoms with Gasteiger partial charge in [0.05, 0.1) is 0 Å². The van der Waals surface area contributed by atoms with E-state index in [2.05, 4.69) is 39.9 Å². The Balaban J connectivity index is 3.56. The van der Waals surface area contributed by atoms with Gasteiger partial charge in [0, 0.05) is 12.1 Å². The van der Waals surface area contributed by atoms with Crippen molar-refractivity contribution >= 4 is 0 Å². The van der Waals surface area contributed by atoms with Crippen LogP contribution in [0.4, 0.5) is 0 Å². The highest BCUT2D eigenvalue weighted by atomic mass is 14.9. The standard InChI is InChI=1S/C11H26N2/c1-6-11(5,12)8-13-7-10(4)9(2)3/h9-10,13H,6-8,12H2,1-5H3.